The van der Waals surface area contributed by atoms with E-state index in [-0.39, 0.29) is 55.9 Å². The molecule has 2 amide bonds. The Morgan fingerprint density at radius 1 is 0.525 bits per heavy atom. The number of nitrogens with one attached hydrogen (secondary N) is 2. The lowest BCUT2D eigenvalue weighted by Crippen LogP contribution is -2.29. The third-order valence-corrected chi connectivity index (χ3v) is 11.9. The van der Waals surface area contributed by atoms with Crippen molar-refractivity contribution in [2.24, 2.45) is 0 Å². The number of amides is 2. The molecule has 0 saturated carbocycles. The fourth-order valence-corrected chi connectivity index (χ4v) is 8.60. The molecule has 2 heterocycles. The summed E-state index contributed by atoms with van der Waals surface area (Å²) in [5.74, 6) is 1.09. The van der Waals surface area contributed by atoms with Crippen LogP contribution in [0.2, 0.25) is 20.1 Å². The Morgan fingerprint density at radius 2 is 0.875 bits per heavy atom. The second-order valence-electron chi connectivity index (χ2n) is 19.5. The molecular formula is C60H58Cl4N6O10. The van der Waals surface area contributed by atoms with Crippen LogP contribution in [0, 0.1) is 0 Å². The summed E-state index contributed by atoms with van der Waals surface area (Å²) in [6.07, 6.45) is 3.69. The van der Waals surface area contributed by atoms with Crippen LogP contribution < -0.4 is 29.6 Å². The van der Waals surface area contributed by atoms with Crippen molar-refractivity contribution in [2.75, 3.05) is 13.1 Å². The molecule has 416 valence electrons. The average Bonchev–Trinajstić information content (AvgIpc) is 4.09. The Balaban J connectivity index is 0.000000232. The van der Waals surface area contributed by atoms with E-state index in [4.69, 9.17) is 75.2 Å². The predicted molar refractivity (Wildman–Crippen MR) is 310 cm³/mol. The van der Waals surface area contributed by atoms with Crippen molar-refractivity contribution in [3.8, 4) is 68.4 Å². The molecule has 0 aliphatic carbocycles. The lowest BCUT2D eigenvalue weighted by atomic mass is 10.1. The Bertz CT molecular complexity index is 3390. The summed E-state index contributed by atoms with van der Waals surface area (Å²) in [5.41, 5.74) is 4.72. The fraction of sp³-hybridized carbons (Fsp3) is 0.233. The molecule has 0 aliphatic heterocycles. The molecule has 20 heteroatoms. The number of aliphatic carboxylic acids is 1. The number of nitrogens with zero attached hydrogens (tertiary/aromatic N) is 4. The number of rotatable bonds is 20. The van der Waals surface area contributed by atoms with E-state index in [9.17, 15) is 19.2 Å². The maximum Gasteiger partial charge on any atom is 0.308 e. The van der Waals surface area contributed by atoms with E-state index < -0.39 is 11.6 Å². The van der Waals surface area contributed by atoms with Gasteiger partial charge in [-0.3, -0.25) is 19.2 Å². The van der Waals surface area contributed by atoms with Gasteiger partial charge in [0, 0.05) is 56.7 Å². The molecule has 0 saturated heterocycles. The highest BCUT2D eigenvalue weighted by Gasteiger charge is 2.20. The lowest BCUT2D eigenvalue weighted by Gasteiger charge is -2.19. The molecule has 6 aromatic carbocycles. The second kappa shape index (κ2) is 27.2. The van der Waals surface area contributed by atoms with Crippen molar-refractivity contribution in [3.05, 3.63) is 177 Å². The number of hydrogen-bond acceptors (Lipinski definition) is 11. The minimum absolute atomic E-state index is 0.0434. The fourth-order valence-electron chi connectivity index (χ4n) is 7.57. The van der Waals surface area contributed by atoms with Gasteiger partial charge in [-0.25, -0.2) is 9.36 Å². The van der Waals surface area contributed by atoms with Gasteiger partial charge in [-0.15, -0.1) is 10.2 Å². The number of carboxylic acid groups (broad SMARTS) is 1. The zero-order chi connectivity index (χ0) is 57.7. The highest BCUT2D eigenvalue weighted by Crippen LogP contribution is 2.37. The van der Waals surface area contributed by atoms with Crippen LogP contribution in [-0.2, 0) is 14.3 Å². The molecule has 0 unspecified atom stereocenters. The number of esters is 1. The summed E-state index contributed by atoms with van der Waals surface area (Å²) in [6.45, 7) is 13.5. The summed E-state index contributed by atoms with van der Waals surface area (Å²) in [5, 5.41) is 25.2. The molecule has 0 spiro atoms. The molecule has 0 radical (unpaired) electrons. The standard InChI is InChI=1S/C32H33Cl2N3O5.C28H25Cl2N3O5/c1-20(2)40-26-10-6-21(7-11-26)28-19-37(25-17-23(33)16-24(34)18-25)36-31(28)41-27-12-8-22(9-13-27)30(39)35-15-14-29(38)42-32(3,4)5;1-17(2)37-23-7-3-18(4-8-23)25-16-33(22-14-20(29)13-21(30)15-22)32-28(25)38-24-9-5-19(6-10-24)27(36)31-12-11-26(34)35/h6-13,16-20H,14-15H2,1-5H3,(H,35,39);3-10,13-17H,11-12H2,1-2H3,(H,31,36)(H,34,35). The van der Waals surface area contributed by atoms with E-state index in [0.717, 1.165) is 28.2 Å². The minimum atomic E-state index is -0.980. The Hall–Kier alpha value is -8.02. The Morgan fingerprint density at radius 3 is 1.21 bits per heavy atom. The van der Waals surface area contributed by atoms with Crippen molar-refractivity contribution in [1.82, 2.24) is 30.2 Å². The van der Waals surface area contributed by atoms with Gasteiger partial charge in [-0.2, -0.15) is 0 Å². The number of benzene rings is 6. The molecule has 80 heavy (non-hydrogen) atoms. The summed E-state index contributed by atoms with van der Waals surface area (Å²) >= 11 is 24.9. The van der Waals surface area contributed by atoms with Crippen LogP contribution in [0.1, 0.15) is 82.0 Å². The number of carbonyl (C=O) groups is 4. The van der Waals surface area contributed by atoms with E-state index in [1.54, 1.807) is 115 Å². The van der Waals surface area contributed by atoms with Gasteiger partial charge in [-0.1, -0.05) is 70.7 Å². The number of ether oxygens (including phenoxy) is 5. The van der Waals surface area contributed by atoms with Crippen LogP contribution in [-0.4, -0.2) is 79.3 Å². The van der Waals surface area contributed by atoms with E-state index in [1.165, 1.54) is 0 Å². The monoisotopic (exact) mass is 1160 g/mol. The average molecular weight is 1160 g/mol. The number of carbonyl (C=O) groups excluding carboxylic acids is 3. The number of halogens is 4. The van der Waals surface area contributed by atoms with Gasteiger partial charge < -0.3 is 39.4 Å². The van der Waals surface area contributed by atoms with Gasteiger partial charge in [0.15, 0.2) is 0 Å². The van der Waals surface area contributed by atoms with Gasteiger partial charge in [0.05, 0.1) is 47.6 Å². The smallest absolute Gasteiger partial charge is 0.308 e. The van der Waals surface area contributed by atoms with Crippen LogP contribution in [0.5, 0.6) is 34.8 Å². The van der Waals surface area contributed by atoms with Crippen LogP contribution in [0.4, 0.5) is 0 Å². The summed E-state index contributed by atoms with van der Waals surface area (Å²) in [7, 11) is 0. The molecule has 0 aliphatic rings. The minimum Gasteiger partial charge on any atom is -0.491 e. The van der Waals surface area contributed by atoms with E-state index in [1.807, 2.05) is 88.6 Å². The Labute approximate surface area is 483 Å². The molecule has 16 nitrogen and oxygen atoms in total. The first kappa shape index (κ1) is 59.6. The first-order valence-corrected chi connectivity index (χ1v) is 26.8. The number of hydrogen-bond donors (Lipinski definition) is 3. The molecule has 0 fully saturated rings. The van der Waals surface area contributed by atoms with Crippen LogP contribution in [0.25, 0.3) is 33.6 Å². The molecule has 8 rings (SSSR count). The quantitative estimate of drug-likeness (QED) is 0.0612. The molecule has 0 atom stereocenters. The van der Waals surface area contributed by atoms with Crippen molar-refractivity contribution in [2.45, 2.75) is 79.1 Å². The highest BCUT2D eigenvalue weighted by molar-refractivity contribution is 6.35. The number of aromatic nitrogens is 4. The topological polar surface area (TPSA) is 194 Å². The second-order valence-corrected chi connectivity index (χ2v) is 21.2. The summed E-state index contributed by atoms with van der Waals surface area (Å²) < 4.78 is 32.4. The van der Waals surface area contributed by atoms with Crippen molar-refractivity contribution >= 4 is 70.2 Å². The zero-order valence-electron chi connectivity index (χ0n) is 44.8. The molecule has 3 N–H and O–H groups in total. The van der Waals surface area contributed by atoms with E-state index in [0.29, 0.717) is 71.4 Å². The normalized spacial score (nSPS) is 11.1. The highest BCUT2D eigenvalue weighted by atomic mass is 35.5. The Kier molecular flexibility index (Phi) is 20.3. The van der Waals surface area contributed by atoms with Gasteiger partial charge in [-0.05, 0) is 169 Å². The first-order valence-electron chi connectivity index (χ1n) is 25.3. The van der Waals surface area contributed by atoms with Gasteiger partial charge in [0.2, 0.25) is 11.8 Å². The predicted octanol–water partition coefficient (Wildman–Crippen LogP) is 14.5. The summed E-state index contributed by atoms with van der Waals surface area (Å²) in [6, 6.07) is 38.6. The van der Waals surface area contributed by atoms with Crippen molar-refractivity contribution < 1.29 is 48.0 Å². The lowest BCUT2D eigenvalue weighted by molar-refractivity contribution is -0.154. The molecule has 8 aromatic rings. The largest absolute Gasteiger partial charge is 0.491 e. The van der Waals surface area contributed by atoms with E-state index >= 15 is 0 Å². The third-order valence-electron chi connectivity index (χ3n) is 11.0. The third kappa shape index (κ3) is 17.7. The van der Waals surface area contributed by atoms with Crippen LogP contribution >= 0.6 is 46.4 Å². The van der Waals surface area contributed by atoms with E-state index in [2.05, 4.69) is 20.8 Å². The molecule has 2 aromatic heterocycles. The van der Waals surface area contributed by atoms with Crippen molar-refractivity contribution in [1.29, 1.82) is 0 Å². The first-order chi connectivity index (χ1) is 38.0. The van der Waals surface area contributed by atoms with Crippen LogP contribution in [0.15, 0.2) is 146 Å². The van der Waals surface area contributed by atoms with Gasteiger partial charge >= 0.3 is 11.9 Å². The van der Waals surface area contributed by atoms with Crippen molar-refractivity contribution in [3.63, 3.8) is 0 Å². The maximum absolute atomic E-state index is 12.6. The number of carboxylic acids is 1. The maximum atomic E-state index is 12.6. The van der Waals surface area contributed by atoms with Gasteiger partial charge in [0.25, 0.3) is 11.8 Å². The zero-order valence-corrected chi connectivity index (χ0v) is 47.8. The summed E-state index contributed by atoms with van der Waals surface area (Å²) in [4.78, 5) is 47.4. The molecule has 0 bridgehead atoms. The van der Waals surface area contributed by atoms with Crippen LogP contribution in [0.3, 0.4) is 0 Å². The SMILES string of the molecule is CC(C)Oc1ccc(-c2cn(-c3cc(Cl)cc(Cl)c3)nc2Oc2ccc(C(=O)NCCC(=O)O)cc2)cc1.CC(C)Oc1ccc(-c2cn(-c3cc(Cl)cc(Cl)c3)nc2Oc2ccc(C(=O)NCCC(=O)OC(C)(C)C)cc2)cc1. The molecular weight excluding hydrogens is 1110 g/mol. The van der Waals surface area contributed by atoms with Gasteiger partial charge in [0.1, 0.15) is 28.6 Å².